The van der Waals surface area contributed by atoms with Crippen molar-refractivity contribution in [2.24, 2.45) is 0 Å². The number of benzene rings is 9. The van der Waals surface area contributed by atoms with E-state index >= 15 is 0 Å². The quantitative estimate of drug-likeness (QED) is 0.177. The summed E-state index contributed by atoms with van der Waals surface area (Å²) in [4.78, 5) is 4.94. The molecule has 1 heteroatoms. The van der Waals surface area contributed by atoms with Gasteiger partial charge >= 0.3 is 0 Å². The molecular weight excluding hydrogens is 603 g/mol. The van der Waals surface area contributed by atoms with E-state index < -0.39 is 0 Å². The smallest absolute Gasteiger partial charge is 0.0702 e. The molecule has 0 fully saturated rings. The molecule has 11 rings (SSSR count). The van der Waals surface area contributed by atoms with Crippen molar-refractivity contribution >= 4 is 54.0 Å². The van der Waals surface area contributed by atoms with E-state index in [1.807, 2.05) is 6.20 Å². The Morgan fingerprint density at radius 1 is 0.300 bits per heavy atom. The number of aromatic nitrogens is 1. The molecule has 1 aliphatic carbocycles. The predicted molar refractivity (Wildman–Crippen MR) is 213 cm³/mol. The predicted octanol–water partition coefficient (Wildman–Crippen LogP) is 13.5. The molecule has 1 heterocycles. The number of hydrogen-bond acceptors (Lipinski definition) is 1. The van der Waals surface area contributed by atoms with Crippen LogP contribution in [0.3, 0.4) is 0 Å². The van der Waals surface area contributed by atoms with E-state index in [2.05, 4.69) is 170 Å². The fraction of sp³-hybridized carbons (Fsp3) is 0. The van der Waals surface area contributed by atoms with Gasteiger partial charge in [0.15, 0.2) is 0 Å². The minimum Gasteiger partial charge on any atom is -0.256 e. The topological polar surface area (TPSA) is 12.9 Å². The second-order valence-electron chi connectivity index (χ2n) is 13.5. The van der Waals surface area contributed by atoms with Crippen LogP contribution < -0.4 is 0 Å². The summed E-state index contributed by atoms with van der Waals surface area (Å²) in [5, 5.41) is 11.5. The first-order valence-corrected chi connectivity index (χ1v) is 17.3. The van der Waals surface area contributed by atoms with Crippen LogP contribution in [0.2, 0.25) is 0 Å². The molecule has 1 aliphatic rings. The average Bonchev–Trinajstić information content (AvgIpc) is 3.51. The lowest BCUT2D eigenvalue weighted by Gasteiger charge is -2.14. The molecule has 230 valence electrons. The molecule has 0 aliphatic heterocycles. The Morgan fingerprint density at radius 2 is 0.940 bits per heavy atom. The van der Waals surface area contributed by atoms with Crippen molar-refractivity contribution in [3.05, 3.63) is 176 Å². The summed E-state index contributed by atoms with van der Waals surface area (Å²) in [6.45, 7) is 0. The van der Waals surface area contributed by atoms with Crippen molar-refractivity contribution in [3.8, 4) is 55.6 Å². The minimum atomic E-state index is 0.998. The molecule has 0 N–H and O–H groups in total. The molecule has 9 aromatic carbocycles. The summed E-state index contributed by atoms with van der Waals surface area (Å²) in [6.07, 6.45) is 2.01. The van der Waals surface area contributed by atoms with Crippen LogP contribution in [-0.4, -0.2) is 4.98 Å². The lowest BCUT2D eigenvalue weighted by molar-refractivity contribution is 1.41. The third-order valence-corrected chi connectivity index (χ3v) is 10.8. The normalized spacial score (nSPS) is 12.0. The van der Waals surface area contributed by atoms with E-state index in [0.717, 1.165) is 22.0 Å². The average molecular weight is 632 g/mol. The molecule has 0 radical (unpaired) electrons. The zero-order valence-corrected chi connectivity index (χ0v) is 27.2. The van der Waals surface area contributed by atoms with Crippen LogP contribution in [0.4, 0.5) is 0 Å². The van der Waals surface area contributed by atoms with Gasteiger partial charge in [0.05, 0.1) is 5.52 Å². The van der Waals surface area contributed by atoms with Gasteiger partial charge in [0.2, 0.25) is 0 Å². The van der Waals surface area contributed by atoms with Gasteiger partial charge in [-0.25, -0.2) is 0 Å². The summed E-state index contributed by atoms with van der Waals surface area (Å²) in [5.41, 5.74) is 13.5. The van der Waals surface area contributed by atoms with Crippen LogP contribution in [-0.2, 0) is 0 Å². The van der Waals surface area contributed by atoms with Crippen LogP contribution in [0.5, 0.6) is 0 Å². The van der Waals surface area contributed by atoms with Crippen molar-refractivity contribution in [2.45, 2.75) is 0 Å². The Balaban J connectivity index is 1.08. The Kier molecular flexibility index (Phi) is 5.73. The first-order chi connectivity index (χ1) is 24.8. The van der Waals surface area contributed by atoms with Gasteiger partial charge in [-0.3, -0.25) is 4.98 Å². The van der Waals surface area contributed by atoms with Gasteiger partial charge in [-0.15, -0.1) is 0 Å². The summed E-state index contributed by atoms with van der Waals surface area (Å²) >= 11 is 0. The van der Waals surface area contributed by atoms with Crippen LogP contribution >= 0.6 is 0 Å². The fourth-order valence-corrected chi connectivity index (χ4v) is 8.39. The second kappa shape index (κ2) is 10.5. The molecular formula is C49H29N. The van der Waals surface area contributed by atoms with Gasteiger partial charge in [-0.05, 0) is 130 Å². The molecule has 10 aromatic rings. The van der Waals surface area contributed by atoms with Gasteiger partial charge in [-0.2, -0.15) is 0 Å². The lowest BCUT2D eigenvalue weighted by atomic mass is 9.89. The minimum absolute atomic E-state index is 0.998. The summed E-state index contributed by atoms with van der Waals surface area (Å²) in [6, 6.07) is 62.4. The molecule has 0 spiro atoms. The molecule has 0 amide bonds. The Bertz CT molecular complexity index is 3040. The van der Waals surface area contributed by atoms with Gasteiger partial charge in [0.1, 0.15) is 0 Å². The van der Waals surface area contributed by atoms with Gasteiger partial charge in [-0.1, -0.05) is 133 Å². The van der Waals surface area contributed by atoms with Gasteiger partial charge < -0.3 is 0 Å². The summed E-state index contributed by atoms with van der Waals surface area (Å²) in [5.74, 6) is 0. The third-order valence-electron chi connectivity index (χ3n) is 10.8. The Hall–Kier alpha value is -6.57. The SMILES string of the molecule is c1cc(-c2ccc3ccccc3c2)cc(-c2cnc3ccc(-c4ccc5c6c(cc7ccccc7c46)-c4ccc6ccccc6c4-5)cc3c2)c1. The second-order valence-corrected chi connectivity index (χ2v) is 13.5. The molecule has 0 atom stereocenters. The van der Waals surface area contributed by atoms with Crippen molar-refractivity contribution < 1.29 is 0 Å². The Labute approximate surface area is 289 Å². The highest BCUT2D eigenvalue weighted by Gasteiger charge is 2.26. The van der Waals surface area contributed by atoms with E-state index in [0.29, 0.717) is 0 Å². The standard InChI is InChI=1S/C49H29N/c1-2-10-32-24-35(17-16-30(32)8-1)33-12-7-13-34(25-33)39-27-38-26-37(19-23-46(38)50-29-39)42-21-22-44-47-40-14-5-3-9-31(40)18-20-43(47)45-28-36-11-4-6-15-41(36)48(42)49(44)45/h1-29H. The zero-order valence-electron chi connectivity index (χ0n) is 27.2. The van der Waals surface area contributed by atoms with E-state index in [1.165, 1.54) is 87.6 Å². The number of pyridine rings is 1. The van der Waals surface area contributed by atoms with Crippen LogP contribution in [0, 0.1) is 0 Å². The first kappa shape index (κ1) is 27.4. The number of fused-ring (bicyclic) bond motifs is 9. The van der Waals surface area contributed by atoms with E-state index in [-0.39, 0.29) is 0 Å². The maximum atomic E-state index is 4.94. The largest absolute Gasteiger partial charge is 0.256 e. The first-order valence-electron chi connectivity index (χ1n) is 17.3. The molecule has 50 heavy (non-hydrogen) atoms. The highest BCUT2D eigenvalue weighted by molar-refractivity contribution is 6.29. The Morgan fingerprint density at radius 3 is 1.84 bits per heavy atom. The summed E-state index contributed by atoms with van der Waals surface area (Å²) < 4.78 is 0. The van der Waals surface area contributed by atoms with E-state index in [4.69, 9.17) is 4.98 Å². The number of rotatable bonds is 3. The van der Waals surface area contributed by atoms with Crippen LogP contribution in [0.1, 0.15) is 0 Å². The van der Waals surface area contributed by atoms with Gasteiger partial charge in [0.25, 0.3) is 0 Å². The summed E-state index contributed by atoms with van der Waals surface area (Å²) in [7, 11) is 0. The maximum absolute atomic E-state index is 4.94. The number of hydrogen-bond donors (Lipinski definition) is 0. The van der Waals surface area contributed by atoms with Gasteiger partial charge in [0, 0.05) is 17.1 Å². The van der Waals surface area contributed by atoms with E-state index in [1.54, 1.807) is 0 Å². The molecule has 1 aromatic heterocycles. The monoisotopic (exact) mass is 631 g/mol. The molecule has 0 unspecified atom stereocenters. The highest BCUT2D eigenvalue weighted by Crippen LogP contribution is 2.53. The van der Waals surface area contributed by atoms with Crippen molar-refractivity contribution in [1.82, 2.24) is 4.98 Å². The highest BCUT2D eigenvalue weighted by atomic mass is 14.6. The third kappa shape index (κ3) is 4.04. The van der Waals surface area contributed by atoms with Crippen LogP contribution in [0.15, 0.2) is 176 Å². The molecule has 0 saturated heterocycles. The molecule has 1 nitrogen and oxygen atoms in total. The number of nitrogens with zero attached hydrogens (tertiary/aromatic N) is 1. The lowest BCUT2D eigenvalue weighted by Crippen LogP contribution is -1.88. The van der Waals surface area contributed by atoms with Crippen LogP contribution in [0.25, 0.3) is 110 Å². The zero-order chi connectivity index (χ0) is 32.8. The maximum Gasteiger partial charge on any atom is 0.0702 e. The van der Waals surface area contributed by atoms with Crippen molar-refractivity contribution in [1.29, 1.82) is 0 Å². The fourth-order valence-electron chi connectivity index (χ4n) is 8.39. The molecule has 0 bridgehead atoms. The molecule has 0 saturated carbocycles. The van der Waals surface area contributed by atoms with E-state index in [9.17, 15) is 0 Å². The van der Waals surface area contributed by atoms with Crippen molar-refractivity contribution in [3.63, 3.8) is 0 Å². The van der Waals surface area contributed by atoms with Crippen molar-refractivity contribution in [2.75, 3.05) is 0 Å².